The highest BCUT2D eigenvalue weighted by Gasteiger charge is 2.12. The lowest BCUT2D eigenvalue weighted by molar-refractivity contribution is 0.154. The van der Waals surface area contributed by atoms with Crippen LogP contribution in [0.15, 0.2) is 6.20 Å². The summed E-state index contributed by atoms with van der Waals surface area (Å²) in [6.07, 6.45) is 1.95. The topological polar surface area (TPSA) is 49.2 Å². The van der Waals surface area contributed by atoms with Gasteiger partial charge >= 0.3 is 0 Å². The van der Waals surface area contributed by atoms with E-state index in [1.807, 2.05) is 13.2 Å². The molecule has 0 bridgehead atoms. The summed E-state index contributed by atoms with van der Waals surface area (Å²) in [5.74, 6) is 0. The SMILES string of the molecule is CN1CCN(CCNCc2cn(C)nn2)CC1. The molecule has 1 aliphatic rings. The second kappa shape index (κ2) is 6.09. The van der Waals surface area contributed by atoms with Crippen LogP contribution in [-0.4, -0.2) is 71.1 Å². The number of hydrogen-bond acceptors (Lipinski definition) is 5. The summed E-state index contributed by atoms with van der Waals surface area (Å²) in [6.45, 7) is 7.68. The largest absolute Gasteiger partial charge is 0.310 e. The molecule has 0 unspecified atom stereocenters. The number of rotatable bonds is 5. The Morgan fingerprint density at radius 1 is 1.24 bits per heavy atom. The first-order chi connectivity index (χ1) is 8.24. The third kappa shape index (κ3) is 4.07. The van der Waals surface area contributed by atoms with Crippen LogP contribution in [0.1, 0.15) is 5.69 Å². The van der Waals surface area contributed by atoms with E-state index in [9.17, 15) is 0 Å². The molecule has 2 rings (SSSR count). The molecule has 6 heteroatoms. The van der Waals surface area contributed by atoms with Crippen molar-refractivity contribution in [3.05, 3.63) is 11.9 Å². The van der Waals surface area contributed by atoms with E-state index in [0.717, 1.165) is 25.3 Å². The number of nitrogens with one attached hydrogen (secondary N) is 1. The predicted octanol–water partition coefficient (Wildman–Crippen LogP) is -0.848. The summed E-state index contributed by atoms with van der Waals surface area (Å²) < 4.78 is 1.73. The summed E-state index contributed by atoms with van der Waals surface area (Å²) >= 11 is 0. The van der Waals surface area contributed by atoms with Gasteiger partial charge in [-0.05, 0) is 7.05 Å². The molecule has 0 radical (unpaired) electrons. The van der Waals surface area contributed by atoms with Crippen LogP contribution in [0.3, 0.4) is 0 Å². The first kappa shape index (κ1) is 12.5. The summed E-state index contributed by atoms with van der Waals surface area (Å²) in [7, 11) is 4.07. The average Bonchev–Trinajstić information content (AvgIpc) is 2.73. The van der Waals surface area contributed by atoms with Gasteiger partial charge in [-0.1, -0.05) is 5.21 Å². The molecule has 1 aromatic rings. The van der Waals surface area contributed by atoms with Gasteiger partial charge in [0.1, 0.15) is 0 Å². The van der Waals surface area contributed by atoms with E-state index < -0.39 is 0 Å². The Bertz CT molecular complexity index is 328. The van der Waals surface area contributed by atoms with Gasteiger partial charge < -0.3 is 10.2 Å². The van der Waals surface area contributed by atoms with Crippen LogP contribution in [0, 0.1) is 0 Å². The molecule has 2 heterocycles. The first-order valence-electron chi connectivity index (χ1n) is 6.21. The molecule has 1 aromatic heterocycles. The fourth-order valence-electron chi connectivity index (χ4n) is 2.00. The third-order valence-corrected chi connectivity index (χ3v) is 3.16. The minimum absolute atomic E-state index is 0.807. The number of aryl methyl sites for hydroxylation is 1. The van der Waals surface area contributed by atoms with Crippen molar-refractivity contribution in [2.75, 3.05) is 46.3 Å². The van der Waals surface area contributed by atoms with Crippen molar-refractivity contribution in [3.63, 3.8) is 0 Å². The van der Waals surface area contributed by atoms with Gasteiger partial charge in [-0.2, -0.15) is 0 Å². The predicted molar refractivity (Wildman–Crippen MR) is 66.6 cm³/mol. The van der Waals surface area contributed by atoms with Crippen LogP contribution < -0.4 is 5.32 Å². The average molecular weight is 238 g/mol. The molecule has 1 saturated heterocycles. The molecule has 0 aromatic carbocycles. The fraction of sp³-hybridized carbons (Fsp3) is 0.818. The van der Waals surface area contributed by atoms with Crippen LogP contribution in [0.4, 0.5) is 0 Å². The lowest BCUT2D eigenvalue weighted by atomic mass is 10.3. The zero-order valence-corrected chi connectivity index (χ0v) is 10.8. The standard InChI is InChI=1S/C11H22N6/c1-15-5-7-17(8-6-15)4-3-12-9-11-10-16(2)14-13-11/h10,12H,3-9H2,1-2H3. The Morgan fingerprint density at radius 3 is 2.65 bits per heavy atom. The summed E-state index contributed by atoms with van der Waals surface area (Å²) in [6, 6.07) is 0. The minimum atomic E-state index is 0.807. The summed E-state index contributed by atoms with van der Waals surface area (Å²) in [5, 5.41) is 11.3. The van der Waals surface area contributed by atoms with E-state index >= 15 is 0 Å². The third-order valence-electron chi connectivity index (χ3n) is 3.16. The summed E-state index contributed by atoms with van der Waals surface area (Å²) in [5.41, 5.74) is 1.01. The zero-order valence-electron chi connectivity index (χ0n) is 10.8. The minimum Gasteiger partial charge on any atom is -0.310 e. The van der Waals surface area contributed by atoms with E-state index in [2.05, 4.69) is 32.5 Å². The van der Waals surface area contributed by atoms with Crippen LogP contribution >= 0.6 is 0 Å². The monoisotopic (exact) mass is 238 g/mol. The van der Waals surface area contributed by atoms with Gasteiger partial charge in [0.25, 0.3) is 0 Å². The van der Waals surface area contributed by atoms with Gasteiger partial charge in [-0.15, -0.1) is 5.10 Å². The second-order valence-electron chi connectivity index (χ2n) is 4.71. The van der Waals surface area contributed by atoms with E-state index in [1.165, 1.54) is 26.2 Å². The maximum Gasteiger partial charge on any atom is 0.0964 e. The Kier molecular flexibility index (Phi) is 4.47. The van der Waals surface area contributed by atoms with Gasteiger partial charge in [-0.3, -0.25) is 9.58 Å². The van der Waals surface area contributed by atoms with Crippen molar-refractivity contribution in [2.24, 2.45) is 7.05 Å². The van der Waals surface area contributed by atoms with Gasteiger partial charge in [0, 0.05) is 59.1 Å². The van der Waals surface area contributed by atoms with E-state index in [1.54, 1.807) is 4.68 Å². The summed E-state index contributed by atoms with van der Waals surface area (Å²) in [4.78, 5) is 4.88. The normalized spacial score (nSPS) is 18.7. The number of aromatic nitrogens is 3. The highest BCUT2D eigenvalue weighted by molar-refractivity contribution is 4.90. The second-order valence-corrected chi connectivity index (χ2v) is 4.71. The van der Waals surface area contributed by atoms with Crippen molar-refractivity contribution in [1.29, 1.82) is 0 Å². The van der Waals surface area contributed by atoms with Gasteiger partial charge in [0.2, 0.25) is 0 Å². The molecule has 0 spiro atoms. The molecule has 1 N–H and O–H groups in total. The number of hydrogen-bond donors (Lipinski definition) is 1. The molecular formula is C11H22N6. The number of piperazine rings is 1. The maximum absolute atomic E-state index is 4.04. The van der Waals surface area contributed by atoms with Gasteiger partial charge in [-0.25, -0.2) is 0 Å². The number of nitrogens with zero attached hydrogens (tertiary/aromatic N) is 5. The highest BCUT2D eigenvalue weighted by Crippen LogP contribution is 1.97. The van der Waals surface area contributed by atoms with Crippen molar-refractivity contribution in [2.45, 2.75) is 6.54 Å². The van der Waals surface area contributed by atoms with Gasteiger partial charge in [0.15, 0.2) is 0 Å². The van der Waals surface area contributed by atoms with Gasteiger partial charge in [0.05, 0.1) is 5.69 Å². The molecule has 0 aliphatic carbocycles. The maximum atomic E-state index is 4.04. The lowest BCUT2D eigenvalue weighted by Gasteiger charge is -2.32. The molecule has 1 aliphatic heterocycles. The van der Waals surface area contributed by atoms with Crippen LogP contribution in [-0.2, 0) is 13.6 Å². The van der Waals surface area contributed by atoms with Crippen LogP contribution in [0.25, 0.3) is 0 Å². The molecular weight excluding hydrogens is 216 g/mol. The Labute approximate surface area is 103 Å². The molecule has 1 fully saturated rings. The van der Waals surface area contributed by atoms with E-state index in [0.29, 0.717) is 0 Å². The van der Waals surface area contributed by atoms with Crippen molar-refractivity contribution in [3.8, 4) is 0 Å². The zero-order chi connectivity index (χ0) is 12.1. The van der Waals surface area contributed by atoms with E-state index in [-0.39, 0.29) is 0 Å². The van der Waals surface area contributed by atoms with Crippen molar-refractivity contribution >= 4 is 0 Å². The Hall–Kier alpha value is -0.980. The van der Waals surface area contributed by atoms with Crippen LogP contribution in [0.2, 0.25) is 0 Å². The molecule has 0 saturated carbocycles. The highest BCUT2D eigenvalue weighted by atomic mass is 15.4. The van der Waals surface area contributed by atoms with E-state index in [4.69, 9.17) is 0 Å². The smallest absolute Gasteiger partial charge is 0.0964 e. The van der Waals surface area contributed by atoms with Crippen molar-refractivity contribution < 1.29 is 0 Å². The molecule has 6 nitrogen and oxygen atoms in total. The number of likely N-dealkylation sites (N-methyl/N-ethyl adjacent to an activating group) is 1. The molecule has 17 heavy (non-hydrogen) atoms. The molecule has 96 valence electrons. The Balaban J connectivity index is 1.57. The Morgan fingerprint density at radius 2 is 2.00 bits per heavy atom. The quantitative estimate of drug-likeness (QED) is 0.677. The molecule has 0 amide bonds. The fourth-order valence-corrected chi connectivity index (χ4v) is 2.00. The molecule has 0 atom stereocenters. The first-order valence-corrected chi connectivity index (χ1v) is 6.21. The lowest BCUT2D eigenvalue weighted by Crippen LogP contribution is -2.46. The van der Waals surface area contributed by atoms with Crippen LogP contribution in [0.5, 0.6) is 0 Å². The van der Waals surface area contributed by atoms with Crippen molar-refractivity contribution in [1.82, 2.24) is 30.1 Å².